The Balaban J connectivity index is 2.14. The van der Waals surface area contributed by atoms with Gasteiger partial charge in [0, 0.05) is 0 Å². The van der Waals surface area contributed by atoms with Gasteiger partial charge in [-0.25, -0.2) is 4.68 Å². The molecule has 2 aromatic heterocycles. The maximum absolute atomic E-state index is 12.2. The first kappa shape index (κ1) is 14.3. The fraction of sp³-hybridized carbons (Fsp3) is 0.267. The first-order chi connectivity index (χ1) is 10.5. The zero-order chi connectivity index (χ0) is 15.7. The average Bonchev–Trinajstić information content (AvgIpc) is 2.92. The Hall–Kier alpha value is -2.67. The van der Waals surface area contributed by atoms with Crippen LogP contribution < -0.4 is 10.9 Å². The molecule has 3 aromatic rings. The summed E-state index contributed by atoms with van der Waals surface area (Å²) in [5, 5.41) is 17.0. The third-order valence-corrected chi connectivity index (χ3v) is 3.29. The molecule has 0 aliphatic rings. The van der Waals surface area contributed by atoms with Crippen LogP contribution in [0.2, 0.25) is 0 Å². The summed E-state index contributed by atoms with van der Waals surface area (Å²) >= 11 is 0. The number of anilines is 1. The number of nitrogens with one attached hydrogen (secondary N) is 2. The van der Waals surface area contributed by atoms with Gasteiger partial charge in [-0.05, 0) is 26.0 Å². The molecule has 0 atom stereocenters. The topological polar surface area (TPSA) is 95.8 Å². The number of aliphatic hydroxyl groups excluding tert-OH is 1. The maximum Gasteiger partial charge on any atom is 0.263 e. The van der Waals surface area contributed by atoms with Crippen molar-refractivity contribution in [3.8, 4) is 5.69 Å². The van der Waals surface area contributed by atoms with Gasteiger partial charge in [0.2, 0.25) is 5.95 Å². The summed E-state index contributed by atoms with van der Waals surface area (Å²) in [7, 11) is 0. The van der Waals surface area contributed by atoms with Gasteiger partial charge in [-0.2, -0.15) is 10.1 Å². The summed E-state index contributed by atoms with van der Waals surface area (Å²) in [5.41, 5.74) is 0.416. The van der Waals surface area contributed by atoms with Crippen LogP contribution in [-0.2, 0) is 0 Å². The second-order valence-electron chi connectivity index (χ2n) is 5.71. The Bertz CT molecular complexity index is 851. The number of hydrogen-bond donors (Lipinski definition) is 3. The molecule has 3 rings (SSSR count). The van der Waals surface area contributed by atoms with Crippen LogP contribution in [0, 0.1) is 0 Å². The van der Waals surface area contributed by atoms with Gasteiger partial charge in [0.25, 0.3) is 5.56 Å². The summed E-state index contributed by atoms with van der Waals surface area (Å²) in [4.78, 5) is 19.3. The van der Waals surface area contributed by atoms with Crippen molar-refractivity contribution >= 4 is 17.0 Å². The van der Waals surface area contributed by atoms with E-state index >= 15 is 0 Å². The molecule has 114 valence electrons. The number of para-hydroxylation sites is 1. The number of nitrogens with zero attached hydrogens (tertiary/aromatic N) is 3. The minimum absolute atomic E-state index is 0.0906. The second-order valence-corrected chi connectivity index (χ2v) is 5.71. The third-order valence-electron chi connectivity index (χ3n) is 3.29. The van der Waals surface area contributed by atoms with Crippen molar-refractivity contribution < 1.29 is 5.11 Å². The van der Waals surface area contributed by atoms with Crippen LogP contribution >= 0.6 is 0 Å². The largest absolute Gasteiger partial charge is 0.394 e. The minimum atomic E-state index is -0.596. The van der Waals surface area contributed by atoms with Crippen LogP contribution in [0.3, 0.4) is 0 Å². The summed E-state index contributed by atoms with van der Waals surface area (Å²) in [6.07, 6.45) is 1.50. The first-order valence-corrected chi connectivity index (χ1v) is 6.93. The predicted molar refractivity (Wildman–Crippen MR) is 84.3 cm³/mol. The molecule has 0 saturated carbocycles. The Morgan fingerprint density at radius 1 is 1.32 bits per heavy atom. The van der Waals surface area contributed by atoms with Crippen molar-refractivity contribution in [2.24, 2.45) is 0 Å². The Morgan fingerprint density at radius 3 is 2.73 bits per heavy atom. The molecule has 0 bridgehead atoms. The lowest BCUT2D eigenvalue weighted by Gasteiger charge is -2.23. The highest BCUT2D eigenvalue weighted by Crippen LogP contribution is 2.16. The fourth-order valence-electron chi connectivity index (χ4n) is 2.10. The van der Waals surface area contributed by atoms with E-state index < -0.39 is 5.54 Å². The van der Waals surface area contributed by atoms with Crippen molar-refractivity contribution in [3.05, 3.63) is 46.9 Å². The molecule has 0 radical (unpaired) electrons. The zero-order valence-electron chi connectivity index (χ0n) is 12.4. The molecule has 22 heavy (non-hydrogen) atoms. The molecule has 7 nitrogen and oxygen atoms in total. The molecule has 7 heteroatoms. The monoisotopic (exact) mass is 299 g/mol. The summed E-state index contributed by atoms with van der Waals surface area (Å²) < 4.78 is 1.61. The Morgan fingerprint density at radius 2 is 2.05 bits per heavy atom. The fourth-order valence-corrected chi connectivity index (χ4v) is 2.10. The molecule has 2 heterocycles. The second kappa shape index (κ2) is 5.27. The number of benzene rings is 1. The summed E-state index contributed by atoms with van der Waals surface area (Å²) in [5.74, 6) is 0.300. The number of aliphatic hydroxyl groups is 1. The number of aromatic nitrogens is 4. The lowest BCUT2D eigenvalue weighted by molar-refractivity contribution is 0.233. The van der Waals surface area contributed by atoms with E-state index in [1.54, 1.807) is 4.68 Å². The molecule has 0 aliphatic carbocycles. The van der Waals surface area contributed by atoms with E-state index in [1.165, 1.54) is 6.20 Å². The number of hydrogen-bond acceptors (Lipinski definition) is 5. The standard InChI is InChI=1S/C15H17N5O2/c1-15(2,9-21)19-14-17-12-11(13(22)18-14)8-16-20(12)10-6-4-3-5-7-10/h3-8,21H,9H2,1-2H3,(H2,17,18,19,22). The zero-order valence-corrected chi connectivity index (χ0v) is 12.4. The highest BCUT2D eigenvalue weighted by molar-refractivity contribution is 5.76. The molecule has 3 N–H and O–H groups in total. The van der Waals surface area contributed by atoms with Crippen LogP contribution in [0.5, 0.6) is 0 Å². The van der Waals surface area contributed by atoms with E-state index in [-0.39, 0.29) is 12.2 Å². The van der Waals surface area contributed by atoms with Crippen molar-refractivity contribution in [1.29, 1.82) is 0 Å². The van der Waals surface area contributed by atoms with Crippen molar-refractivity contribution in [2.75, 3.05) is 11.9 Å². The van der Waals surface area contributed by atoms with Gasteiger partial charge < -0.3 is 10.4 Å². The van der Waals surface area contributed by atoms with Crippen LogP contribution in [-0.4, -0.2) is 37.0 Å². The highest BCUT2D eigenvalue weighted by atomic mass is 16.3. The molecule has 0 fully saturated rings. The Labute approximate surface area is 126 Å². The molecule has 0 aliphatic heterocycles. The van der Waals surface area contributed by atoms with Crippen LogP contribution in [0.4, 0.5) is 5.95 Å². The summed E-state index contributed by atoms with van der Waals surface area (Å²) in [6.45, 7) is 3.53. The highest BCUT2D eigenvalue weighted by Gasteiger charge is 2.18. The third kappa shape index (κ3) is 2.58. The van der Waals surface area contributed by atoms with E-state index in [4.69, 9.17) is 0 Å². The van der Waals surface area contributed by atoms with E-state index in [9.17, 15) is 9.90 Å². The number of fused-ring (bicyclic) bond motifs is 1. The van der Waals surface area contributed by atoms with Gasteiger partial charge in [-0.3, -0.25) is 9.78 Å². The van der Waals surface area contributed by atoms with Crippen molar-refractivity contribution in [3.63, 3.8) is 0 Å². The molecule has 0 saturated heterocycles. The number of rotatable bonds is 4. The van der Waals surface area contributed by atoms with E-state index in [0.717, 1.165) is 5.69 Å². The van der Waals surface area contributed by atoms with Crippen LogP contribution in [0.1, 0.15) is 13.8 Å². The number of H-pyrrole nitrogens is 1. The minimum Gasteiger partial charge on any atom is -0.394 e. The summed E-state index contributed by atoms with van der Waals surface area (Å²) in [6, 6.07) is 9.47. The lowest BCUT2D eigenvalue weighted by Crippen LogP contribution is -2.36. The van der Waals surface area contributed by atoms with Crippen molar-refractivity contribution in [2.45, 2.75) is 19.4 Å². The van der Waals surface area contributed by atoms with Gasteiger partial charge in [-0.15, -0.1) is 0 Å². The maximum atomic E-state index is 12.2. The van der Waals surface area contributed by atoms with Crippen LogP contribution in [0.25, 0.3) is 16.7 Å². The van der Waals surface area contributed by atoms with E-state index in [0.29, 0.717) is 17.0 Å². The Kier molecular flexibility index (Phi) is 3.42. The number of aromatic amines is 1. The van der Waals surface area contributed by atoms with Gasteiger partial charge in [0.05, 0.1) is 24.0 Å². The lowest BCUT2D eigenvalue weighted by atomic mass is 10.1. The molecule has 0 unspecified atom stereocenters. The first-order valence-electron chi connectivity index (χ1n) is 6.93. The molecule has 0 spiro atoms. The predicted octanol–water partition coefficient (Wildman–Crippen LogP) is 1.29. The van der Waals surface area contributed by atoms with Crippen LogP contribution in [0.15, 0.2) is 41.3 Å². The smallest absolute Gasteiger partial charge is 0.263 e. The molecule has 1 aromatic carbocycles. The normalized spacial score (nSPS) is 11.8. The van der Waals surface area contributed by atoms with Gasteiger partial charge in [-0.1, -0.05) is 18.2 Å². The van der Waals surface area contributed by atoms with Gasteiger partial charge >= 0.3 is 0 Å². The molecular weight excluding hydrogens is 282 g/mol. The van der Waals surface area contributed by atoms with Crippen molar-refractivity contribution in [1.82, 2.24) is 19.7 Å². The molecular formula is C15H17N5O2. The van der Waals surface area contributed by atoms with Gasteiger partial charge in [0.1, 0.15) is 5.39 Å². The van der Waals surface area contributed by atoms with Gasteiger partial charge in [0.15, 0.2) is 5.65 Å². The van der Waals surface area contributed by atoms with E-state index in [2.05, 4.69) is 20.4 Å². The molecule has 0 amide bonds. The quantitative estimate of drug-likeness (QED) is 0.674. The SMILES string of the molecule is CC(C)(CO)Nc1nc2c(cnn2-c2ccccc2)c(=O)[nH]1. The van der Waals surface area contributed by atoms with E-state index in [1.807, 2.05) is 44.2 Å². The average molecular weight is 299 g/mol.